The zero-order valence-electron chi connectivity index (χ0n) is 16.0. The number of anilines is 1. The van der Waals surface area contributed by atoms with E-state index >= 15 is 0 Å². The monoisotopic (exact) mass is 396 g/mol. The van der Waals surface area contributed by atoms with Crippen LogP contribution in [-0.4, -0.2) is 32.6 Å². The van der Waals surface area contributed by atoms with Crippen molar-refractivity contribution in [2.75, 3.05) is 4.72 Å². The van der Waals surface area contributed by atoms with Crippen LogP contribution in [0, 0.1) is 20.8 Å². The van der Waals surface area contributed by atoms with E-state index in [9.17, 15) is 8.42 Å². The van der Waals surface area contributed by atoms with Crippen molar-refractivity contribution in [1.82, 2.24) is 24.1 Å². The van der Waals surface area contributed by atoms with Crippen molar-refractivity contribution in [2.24, 2.45) is 7.05 Å². The summed E-state index contributed by atoms with van der Waals surface area (Å²) in [5.41, 5.74) is 4.01. The predicted octanol–water partition coefficient (Wildman–Crippen LogP) is 2.86. The lowest BCUT2D eigenvalue weighted by molar-refractivity contribution is 0.599. The predicted molar refractivity (Wildman–Crippen MR) is 107 cm³/mol. The number of imidazole rings is 1. The summed E-state index contributed by atoms with van der Waals surface area (Å²) in [4.78, 5) is 9.04. The van der Waals surface area contributed by atoms with Crippen LogP contribution < -0.4 is 4.72 Å². The van der Waals surface area contributed by atoms with E-state index in [4.69, 9.17) is 0 Å². The molecule has 0 unspecified atom stereocenters. The number of benzene rings is 1. The Morgan fingerprint density at radius 1 is 1.07 bits per heavy atom. The fourth-order valence-corrected chi connectivity index (χ4v) is 4.85. The fourth-order valence-electron chi connectivity index (χ4n) is 3.36. The number of nitrogens with one attached hydrogen (secondary N) is 1. The molecule has 0 radical (unpaired) electrons. The maximum absolute atomic E-state index is 12.9. The van der Waals surface area contributed by atoms with Crippen molar-refractivity contribution in [3.8, 4) is 11.3 Å². The van der Waals surface area contributed by atoms with Gasteiger partial charge in [0.15, 0.2) is 0 Å². The molecule has 1 N–H and O–H groups in total. The van der Waals surface area contributed by atoms with Gasteiger partial charge in [-0.25, -0.2) is 18.4 Å². The average Bonchev–Trinajstić information content (AvgIpc) is 3.11. The molecule has 1 aromatic carbocycles. The summed E-state index contributed by atoms with van der Waals surface area (Å²) < 4.78 is 32.0. The Morgan fingerprint density at radius 2 is 1.86 bits per heavy atom. The second-order valence-electron chi connectivity index (χ2n) is 6.65. The van der Waals surface area contributed by atoms with E-state index in [0.29, 0.717) is 22.9 Å². The van der Waals surface area contributed by atoms with Gasteiger partial charge in [0.05, 0.1) is 17.1 Å². The summed E-state index contributed by atoms with van der Waals surface area (Å²) in [6.45, 7) is 5.37. The number of rotatable bonds is 4. The largest absolute Gasteiger partial charge is 0.288 e. The van der Waals surface area contributed by atoms with Crippen LogP contribution >= 0.6 is 0 Å². The lowest BCUT2D eigenvalue weighted by atomic mass is 10.1. The van der Waals surface area contributed by atoms with E-state index in [1.165, 1.54) is 0 Å². The Labute approximate surface area is 162 Å². The maximum atomic E-state index is 12.9. The molecule has 0 fully saturated rings. The SMILES string of the molecule is Cc1nn(C)c(C)c1S(=O)(=O)Nc1cccc(-c2nc3ncccn3c2C)c1. The van der Waals surface area contributed by atoms with E-state index < -0.39 is 10.0 Å². The standard InChI is InChI=1S/C19H20N6O2S/c1-12-18(14(3)24(4)22-12)28(26,27)23-16-8-5-7-15(11-16)17-13(2)25-10-6-9-20-19(25)21-17/h5-11,23H,1-4H3. The fraction of sp³-hybridized carbons (Fsp3) is 0.211. The number of nitrogens with zero attached hydrogens (tertiary/aromatic N) is 5. The molecule has 0 aliphatic carbocycles. The molecule has 9 heteroatoms. The van der Waals surface area contributed by atoms with Crippen LogP contribution in [0.2, 0.25) is 0 Å². The Kier molecular flexibility index (Phi) is 4.19. The minimum absolute atomic E-state index is 0.202. The van der Waals surface area contributed by atoms with Crippen molar-refractivity contribution in [1.29, 1.82) is 0 Å². The molecule has 0 bridgehead atoms. The first-order valence-corrected chi connectivity index (χ1v) is 10.2. The highest BCUT2D eigenvalue weighted by Gasteiger charge is 2.24. The number of sulfonamides is 1. The molecule has 0 spiro atoms. The van der Waals surface area contributed by atoms with E-state index in [2.05, 4.69) is 19.8 Å². The number of hydrogen-bond donors (Lipinski definition) is 1. The first-order chi connectivity index (χ1) is 13.3. The van der Waals surface area contributed by atoms with Gasteiger partial charge in [-0.3, -0.25) is 13.8 Å². The molecule has 4 aromatic rings. The molecule has 4 rings (SSSR count). The zero-order chi connectivity index (χ0) is 20.1. The van der Waals surface area contributed by atoms with Crippen LogP contribution in [-0.2, 0) is 17.1 Å². The summed E-state index contributed by atoms with van der Waals surface area (Å²) in [6, 6.07) is 9.02. The first kappa shape index (κ1) is 18.2. The quantitative estimate of drug-likeness (QED) is 0.572. The summed E-state index contributed by atoms with van der Waals surface area (Å²) >= 11 is 0. The molecule has 144 valence electrons. The van der Waals surface area contributed by atoms with Gasteiger partial charge in [-0.05, 0) is 39.0 Å². The minimum atomic E-state index is -3.76. The third-order valence-corrected chi connectivity index (χ3v) is 6.37. The highest BCUT2D eigenvalue weighted by Crippen LogP contribution is 2.27. The van der Waals surface area contributed by atoms with Gasteiger partial charge in [-0.1, -0.05) is 12.1 Å². The molecule has 3 heterocycles. The smallest absolute Gasteiger partial charge is 0.265 e. The van der Waals surface area contributed by atoms with Gasteiger partial charge in [-0.15, -0.1) is 0 Å². The van der Waals surface area contributed by atoms with Crippen LogP contribution in [0.3, 0.4) is 0 Å². The van der Waals surface area contributed by atoms with Gasteiger partial charge in [0.25, 0.3) is 10.0 Å². The zero-order valence-corrected chi connectivity index (χ0v) is 16.8. The first-order valence-electron chi connectivity index (χ1n) is 8.71. The topological polar surface area (TPSA) is 94.2 Å². The summed E-state index contributed by atoms with van der Waals surface area (Å²) in [5, 5.41) is 4.20. The Morgan fingerprint density at radius 3 is 2.54 bits per heavy atom. The Bertz CT molecular complexity index is 1300. The van der Waals surface area contributed by atoms with Crippen molar-refractivity contribution in [3.63, 3.8) is 0 Å². The molecular weight excluding hydrogens is 376 g/mol. The van der Waals surface area contributed by atoms with Gasteiger partial charge in [-0.2, -0.15) is 5.10 Å². The Balaban J connectivity index is 1.74. The van der Waals surface area contributed by atoms with Crippen molar-refractivity contribution in [2.45, 2.75) is 25.7 Å². The molecular formula is C19H20N6O2S. The van der Waals surface area contributed by atoms with Crippen molar-refractivity contribution < 1.29 is 8.42 Å². The summed E-state index contributed by atoms with van der Waals surface area (Å²) in [6.07, 6.45) is 3.59. The molecule has 0 amide bonds. The van der Waals surface area contributed by atoms with E-state index in [1.54, 1.807) is 50.0 Å². The third-order valence-electron chi connectivity index (χ3n) is 4.74. The van der Waals surface area contributed by atoms with Crippen LogP contribution in [0.1, 0.15) is 17.1 Å². The van der Waals surface area contributed by atoms with Crippen LogP contribution in [0.5, 0.6) is 0 Å². The molecule has 0 atom stereocenters. The van der Waals surface area contributed by atoms with Crippen molar-refractivity contribution in [3.05, 3.63) is 59.8 Å². The van der Waals surface area contributed by atoms with Crippen LogP contribution in [0.25, 0.3) is 17.0 Å². The third kappa shape index (κ3) is 2.93. The van der Waals surface area contributed by atoms with E-state index in [0.717, 1.165) is 17.0 Å². The van der Waals surface area contributed by atoms with Crippen LogP contribution in [0.4, 0.5) is 5.69 Å². The molecule has 0 aliphatic rings. The van der Waals surface area contributed by atoms with Gasteiger partial charge < -0.3 is 0 Å². The number of aromatic nitrogens is 5. The number of hydrogen-bond acceptors (Lipinski definition) is 5. The normalized spacial score (nSPS) is 11.9. The van der Waals surface area contributed by atoms with Gasteiger partial charge in [0.2, 0.25) is 5.78 Å². The molecule has 0 saturated carbocycles. The summed E-state index contributed by atoms with van der Waals surface area (Å²) in [5.74, 6) is 0.600. The van der Waals surface area contributed by atoms with E-state index in [-0.39, 0.29) is 4.90 Å². The number of fused-ring (bicyclic) bond motifs is 1. The molecule has 8 nitrogen and oxygen atoms in total. The Hall–Kier alpha value is -3.20. The lowest BCUT2D eigenvalue weighted by Gasteiger charge is -2.10. The highest BCUT2D eigenvalue weighted by atomic mass is 32.2. The van der Waals surface area contributed by atoms with Crippen LogP contribution in [0.15, 0.2) is 47.6 Å². The highest BCUT2D eigenvalue weighted by molar-refractivity contribution is 7.92. The van der Waals surface area contributed by atoms with Gasteiger partial charge >= 0.3 is 0 Å². The van der Waals surface area contributed by atoms with Gasteiger partial charge in [0, 0.05) is 36.4 Å². The number of aryl methyl sites for hydroxylation is 3. The molecule has 0 aliphatic heterocycles. The van der Waals surface area contributed by atoms with Crippen molar-refractivity contribution >= 4 is 21.5 Å². The average molecular weight is 396 g/mol. The maximum Gasteiger partial charge on any atom is 0.265 e. The minimum Gasteiger partial charge on any atom is -0.288 e. The second kappa shape index (κ2) is 6.45. The lowest BCUT2D eigenvalue weighted by Crippen LogP contribution is -2.15. The second-order valence-corrected chi connectivity index (χ2v) is 8.26. The molecule has 28 heavy (non-hydrogen) atoms. The molecule has 0 saturated heterocycles. The van der Waals surface area contributed by atoms with E-state index in [1.807, 2.05) is 29.7 Å². The van der Waals surface area contributed by atoms with Gasteiger partial charge in [0.1, 0.15) is 4.90 Å². The summed E-state index contributed by atoms with van der Waals surface area (Å²) in [7, 11) is -2.03. The molecule has 3 aromatic heterocycles.